The molecule has 0 radical (unpaired) electrons. The Bertz CT molecular complexity index is 1460. The van der Waals surface area contributed by atoms with E-state index in [1.807, 2.05) is 6.92 Å². The third kappa shape index (κ3) is 3.78. The van der Waals surface area contributed by atoms with Gasteiger partial charge in [0, 0.05) is 16.7 Å². The highest BCUT2D eigenvalue weighted by Crippen LogP contribution is 2.51. The van der Waals surface area contributed by atoms with Crippen LogP contribution in [0.25, 0.3) is 0 Å². The van der Waals surface area contributed by atoms with Crippen LogP contribution in [0.1, 0.15) is 25.0 Å². The summed E-state index contributed by atoms with van der Waals surface area (Å²) in [6.07, 6.45) is 0. The average molecular weight is 517 g/mol. The number of anilines is 1. The highest BCUT2D eigenvalue weighted by molar-refractivity contribution is 7.93. The minimum absolute atomic E-state index is 0.126. The smallest absolute Gasteiger partial charge is 0.274 e. The van der Waals surface area contributed by atoms with E-state index in [1.165, 1.54) is 13.2 Å². The van der Waals surface area contributed by atoms with Crippen LogP contribution in [-0.2, 0) is 20.2 Å². The molecule has 0 spiro atoms. The molecular weight excluding hydrogens is 496 g/mol. The number of amides is 1. The van der Waals surface area contributed by atoms with Crippen LogP contribution in [-0.4, -0.2) is 33.0 Å². The molecule has 0 aromatic heterocycles. The third-order valence-corrected chi connectivity index (χ3v) is 8.00. The molecular formula is C24H21ClN2O7S. The summed E-state index contributed by atoms with van der Waals surface area (Å²) >= 11 is 6.47. The number of hydrogen-bond donors (Lipinski definition) is 0. The number of rotatable bonds is 7. The van der Waals surface area contributed by atoms with Gasteiger partial charge in [-0.2, -0.15) is 0 Å². The second-order valence-corrected chi connectivity index (χ2v) is 10.0. The summed E-state index contributed by atoms with van der Waals surface area (Å²) in [5.74, 6) is -0.551. The first kappa shape index (κ1) is 24.5. The van der Waals surface area contributed by atoms with Gasteiger partial charge in [0.15, 0.2) is 0 Å². The van der Waals surface area contributed by atoms with E-state index in [9.17, 15) is 23.3 Å². The quantitative estimate of drug-likeness (QED) is 0.330. The molecule has 9 nitrogen and oxygen atoms in total. The Labute approximate surface area is 207 Å². The molecule has 3 aromatic rings. The average Bonchev–Trinajstić information content (AvgIpc) is 3.06. The van der Waals surface area contributed by atoms with E-state index in [0.717, 1.165) is 18.2 Å². The van der Waals surface area contributed by atoms with Crippen LogP contribution in [0.3, 0.4) is 0 Å². The fourth-order valence-corrected chi connectivity index (χ4v) is 6.20. The van der Waals surface area contributed by atoms with Crippen LogP contribution < -0.4 is 13.8 Å². The topological polar surface area (TPSA) is 116 Å². The third-order valence-electron chi connectivity index (χ3n) is 5.94. The number of non-ortho nitro benzene ring substituents is 1. The number of nitro groups is 1. The van der Waals surface area contributed by atoms with E-state index in [2.05, 4.69) is 0 Å². The lowest BCUT2D eigenvalue weighted by atomic mass is 9.77. The first-order chi connectivity index (χ1) is 16.6. The summed E-state index contributed by atoms with van der Waals surface area (Å²) in [6, 6.07) is 14.5. The monoisotopic (exact) mass is 516 g/mol. The number of benzene rings is 3. The molecule has 0 saturated carbocycles. The zero-order valence-corrected chi connectivity index (χ0v) is 20.6. The molecule has 1 unspecified atom stereocenters. The maximum absolute atomic E-state index is 14.0. The molecule has 0 bridgehead atoms. The largest absolute Gasteiger partial charge is 0.495 e. The van der Waals surface area contributed by atoms with Crippen molar-refractivity contribution in [2.75, 3.05) is 18.0 Å². The molecule has 1 heterocycles. The van der Waals surface area contributed by atoms with Gasteiger partial charge in [0.05, 0.1) is 30.4 Å². The number of nitrogens with zero attached hydrogens (tertiary/aromatic N) is 2. The van der Waals surface area contributed by atoms with Crippen LogP contribution in [0.15, 0.2) is 65.6 Å². The fraction of sp³-hybridized carbons (Fsp3) is 0.208. The number of carbonyl (C=O) groups excluding carboxylic acids is 1. The number of halogens is 1. The van der Waals surface area contributed by atoms with E-state index < -0.39 is 26.3 Å². The van der Waals surface area contributed by atoms with Crippen molar-refractivity contribution in [3.63, 3.8) is 0 Å². The molecule has 1 atom stereocenters. The lowest BCUT2D eigenvalue weighted by Gasteiger charge is -2.26. The van der Waals surface area contributed by atoms with E-state index in [0.29, 0.717) is 32.8 Å². The van der Waals surface area contributed by atoms with Crippen LogP contribution >= 0.6 is 11.6 Å². The van der Waals surface area contributed by atoms with Gasteiger partial charge in [-0.15, -0.1) is 0 Å². The first-order valence-corrected chi connectivity index (χ1v) is 12.3. The van der Waals surface area contributed by atoms with E-state index in [4.69, 9.17) is 21.1 Å². The fourth-order valence-electron chi connectivity index (χ4n) is 4.22. The van der Waals surface area contributed by atoms with Crippen molar-refractivity contribution < 1.29 is 27.6 Å². The Morgan fingerprint density at radius 1 is 1.09 bits per heavy atom. The number of hydrogen-bond acceptors (Lipinski definition) is 7. The van der Waals surface area contributed by atoms with E-state index in [-0.39, 0.29) is 22.0 Å². The molecule has 0 N–H and O–H groups in total. The summed E-state index contributed by atoms with van der Waals surface area (Å²) < 4.78 is 39.2. The Kier molecular flexibility index (Phi) is 6.20. The van der Waals surface area contributed by atoms with Gasteiger partial charge < -0.3 is 9.47 Å². The van der Waals surface area contributed by atoms with Crippen LogP contribution in [0, 0.1) is 10.1 Å². The molecule has 0 fully saturated rings. The molecule has 11 heteroatoms. The summed E-state index contributed by atoms with van der Waals surface area (Å²) in [4.78, 5) is 24.1. The maximum Gasteiger partial charge on any atom is 0.274 e. The number of ether oxygens (including phenoxy) is 2. The van der Waals surface area contributed by atoms with E-state index in [1.54, 1.807) is 43.3 Å². The number of carbonyl (C=O) groups is 1. The Morgan fingerprint density at radius 3 is 2.43 bits per heavy atom. The van der Waals surface area contributed by atoms with Crippen molar-refractivity contribution in [2.45, 2.75) is 24.2 Å². The van der Waals surface area contributed by atoms with Crippen molar-refractivity contribution in [3.8, 4) is 11.5 Å². The van der Waals surface area contributed by atoms with Crippen LogP contribution in [0.2, 0.25) is 5.02 Å². The summed E-state index contributed by atoms with van der Waals surface area (Å²) in [6.45, 7) is 3.79. The molecule has 3 aromatic carbocycles. The van der Waals surface area contributed by atoms with E-state index >= 15 is 0 Å². The van der Waals surface area contributed by atoms with Gasteiger partial charge in [0.25, 0.3) is 21.6 Å². The Hall–Kier alpha value is -3.63. The molecule has 35 heavy (non-hydrogen) atoms. The summed E-state index contributed by atoms with van der Waals surface area (Å²) in [7, 11) is -3.36. The lowest BCUT2D eigenvalue weighted by molar-refractivity contribution is -0.385. The van der Waals surface area contributed by atoms with Gasteiger partial charge in [-0.05, 0) is 49.7 Å². The molecule has 1 aliphatic rings. The lowest BCUT2D eigenvalue weighted by Crippen LogP contribution is -2.42. The Morgan fingerprint density at radius 2 is 1.80 bits per heavy atom. The maximum atomic E-state index is 14.0. The number of methoxy groups -OCH3 is 1. The van der Waals surface area contributed by atoms with Gasteiger partial charge in [-0.25, -0.2) is 12.7 Å². The van der Waals surface area contributed by atoms with Crippen molar-refractivity contribution in [1.82, 2.24) is 0 Å². The van der Waals surface area contributed by atoms with Gasteiger partial charge >= 0.3 is 0 Å². The van der Waals surface area contributed by atoms with Crippen LogP contribution in [0.5, 0.6) is 11.5 Å². The minimum Gasteiger partial charge on any atom is -0.495 e. The number of nitro benzene ring substituents is 1. The number of fused-ring (bicyclic) bond motifs is 1. The zero-order chi connectivity index (χ0) is 25.5. The second kappa shape index (κ2) is 8.86. The van der Waals surface area contributed by atoms with Crippen molar-refractivity contribution in [3.05, 3.63) is 86.9 Å². The molecule has 0 aliphatic carbocycles. The van der Waals surface area contributed by atoms with Crippen LogP contribution in [0.4, 0.5) is 11.4 Å². The first-order valence-electron chi connectivity index (χ1n) is 10.5. The van der Waals surface area contributed by atoms with Crippen molar-refractivity contribution >= 4 is 38.9 Å². The predicted molar refractivity (Wildman–Crippen MR) is 130 cm³/mol. The van der Waals surface area contributed by atoms with Gasteiger partial charge in [0.2, 0.25) is 0 Å². The summed E-state index contributed by atoms with van der Waals surface area (Å²) in [5.41, 5.74) is -0.861. The molecule has 4 rings (SSSR count). The predicted octanol–water partition coefficient (Wildman–Crippen LogP) is 4.70. The Balaban J connectivity index is 1.98. The van der Waals surface area contributed by atoms with Gasteiger partial charge in [-0.3, -0.25) is 14.9 Å². The van der Waals surface area contributed by atoms with Gasteiger partial charge in [-0.1, -0.05) is 29.8 Å². The highest BCUT2D eigenvalue weighted by atomic mass is 35.5. The zero-order valence-electron chi connectivity index (χ0n) is 19.0. The minimum atomic E-state index is -4.55. The summed E-state index contributed by atoms with van der Waals surface area (Å²) in [5, 5.41) is 11.5. The normalized spacial score (nSPS) is 17.3. The van der Waals surface area contributed by atoms with Crippen molar-refractivity contribution in [1.29, 1.82) is 0 Å². The molecule has 1 amide bonds. The molecule has 1 aliphatic heterocycles. The highest BCUT2D eigenvalue weighted by Gasteiger charge is 2.54. The molecule has 182 valence electrons. The standard InChI is InChI=1S/C24H21ClN2O7S/c1-4-34-16-10-11-20-18(14-16)24(2,17-7-5-6-8-19(17)25)23(28)26(20)35(31,32)22-12-9-15(27(29)30)13-21(22)33-3/h5-14H,4H2,1-3H3. The molecule has 0 saturated heterocycles. The van der Waals surface area contributed by atoms with Crippen molar-refractivity contribution in [2.24, 2.45) is 0 Å². The SMILES string of the molecule is CCOc1ccc2c(c1)C(C)(c1ccccc1Cl)C(=O)N2S(=O)(=O)c1ccc([N+](=O)[O-])cc1OC. The number of sulfonamides is 1. The van der Waals surface area contributed by atoms with Gasteiger partial charge in [0.1, 0.15) is 21.8 Å². The second-order valence-electron chi connectivity index (χ2n) is 7.88.